The number of benzene rings is 7. The summed E-state index contributed by atoms with van der Waals surface area (Å²) in [6.45, 7) is 9.10. The lowest BCUT2D eigenvalue weighted by Gasteiger charge is -2.22. The molecule has 0 aliphatic heterocycles. The van der Waals surface area contributed by atoms with Crippen LogP contribution < -0.4 is 10.6 Å². The highest BCUT2D eigenvalue weighted by Gasteiger charge is 2.35. The molecule has 0 saturated heterocycles. The lowest BCUT2D eigenvalue weighted by molar-refractivity contribution is 0.660. The zero-order valence-electron chi connectivity index (χ0n) is 32.0. The quantitative estimate of drug-likeness (QED) is 0.164. The minimum atomic E-state index is -0.0136. The van der Waals surface area contributed by atoms with Crippen LogP contribution in [0.25, 0.3) is 50.1 Å². The molecule has 2 aliphatic carbocycles. The molecule has 55 heavy (non-hydrogen) atoms. The van der Waals surface area contributed by atoms with Crippen LogP contribution in [0.1, 0.15) is 49.4 Å². The number of hydrogen-bond acceptors (Lipinski definition) is 2. The van der Waals surface area contributed by atoms with E-state index in [1.807, 2.05) is 0 Å². The third-order valence-corrected chi connectivity index (χ3v) is 11.4. The summed E-state index contributed by atoms with van der Waals surface area (Å²) in [5.74, 6) is 0.481. The van der Waals surface area contributed by atoms with E-state index in [1.54, 1.807) is 0 Å². The Balaban J connectivity index is 1.09. The van der Waals surface area contributed by atoms with Gasteiger partial charge >= 0.3 is 0 Å². The molecule has 0 radical (unpaired) electrons. The van der Waals surface area contributed by atoms with Crippen LogP contribution in [0.5, 0.6) is 0 Å². The normalized spacial score (nSPS) is 15.2. The van der Waals surface area contributed by atoms with Gasteiger partial charge in [0, 0.05) is 39.3 Å². The van der Waals surface area contributed by atoms with Crippen LogP contribution in [0.4, 0.5) is 22.7 Å². The van der Waals surface area contributed by atoms with Crippen LogP contribution in [-0.4, -0.2) is 0 Å². The van der Waals surface area contributed by atoms with Gasteiger partial charge in [0.1, 0.15) is 0 Å². The fraction of sp³-hybridized carbons (Fsp3) is 0.132. The van der Waals surface area contributed by atoms with Gasteiger partial charge in [0.25, 0.3) is 0 Å². The maximum atomic E-state index is 3.86. The first-order chi connectivity index (χ1) is 26.8. The number of fused-ring (bicyclic) bond motifs is 3. The van der Waals surface area contributed by atoms with Gasteiger partial charge in [-0.1, -0.05) is 154 Å². The van der Waals surface area contributed by atoms with Crippen molar-refractivity contribution in [1.29, 1.82) is 0 Å². The summed E-state index contributed by atoms with van der Waals surface area (Å²) in [6, 6.07) is 57.5. The Morgan fingerprint density at radius 3 is 1.87 bits per heavy atom. The minimum absolute atomic E-state index is 0.0136. The molecule has 7 aromatic rings. The maximum absolute atomic E-state index is 3.86. The van der Waals surface area contributed by atoms with Gasteiger partial charge < -0.3 is 10.6 Å². The van der Waals surface area contributed by atoms with E-state index in [0.717, 1.165) is 34.7 Å². The first-order valence-electron chi connectivity index (χ1n) is 19.5. The molecule has 1 atom stereocenters. The van der Waals surface area contributed by atoms with Crippen LogP contribution in [0.2, 0.25) is 0 Å². The smallest absolute Gasteiger partial charge is 0.0464 e. The zero-order valence-corrected chi connectivity index (χ0v) is 32.0. The number of rotatable bonds is 8. The predicted octanol–water partition coefficient (Wildman–Crippen LogP) is 14.8. The molecule has 2 aliphatic rings. The minimum Gasteiger partial charge on any atom is -0.355 e. The van der Waals surface area contributed by atoms with E-state index in [4.69, 9.17) is 0 Å². The summed E-state index contributed by atoms with van der Waals surface area (Å²) in [5.41, 5.74) is 20.6. The van der Waals surface area contributed by atoms with E-state index in [-0.39, 0.29) is 5.41 Å². The topological polar surface area (TPSA) is 24.1 Å². The predicted molar refractivity (Wildman–Crippen MR) is 235 cm³/mol. The third-order valence-electron chi connectivity index (χ3n) is 11.4. The summed E-state index contributed by atoms with van der Waals surface area (Å²) in [6.07, 6.45) is 8.08. The fourth-order valence-corrected chi connectivity index (χ4v) is 8.41. The Morgan fingerprint density at radius 1 is 0.491 bits per heavy atom. The average molecular weight is 711 g/mol. The lowest BCUT2D eigenvalue weighted by atomic mass is 9.82. The second-order valence-electron chi connectivity index (χ2n) is 15.8. The van der Waals surface area contributed by atoms with E-state index in [9.17, 15) is 0 Å². The molecule has 0 fully saturated rings. The molecular weight excluding hydrogens is 665 g/mol. The van der Waals surface area contributed by atoms with Crippen molar-refractivity contribution < 1.29 is 0 Å². The van der Waals surface area contributed by atoms with Crippen LogP contribution >= 0.6 is 0 Å². The van der Waals surface area contributed by atoms with Gasteiger partial charge in [-0.3, -0.25) is 0 Å². The van der Waals surface area contributed by atoms with Crippen molar-refractivity contribution in [3.8, 4) is 44.5 Å². The van der Waals surface area contributed by atoms with Gasteiger partial charge in [-0.15, -0.1) is 0 Å². The van der Waals surface area contributed by atoms with E-state index < -0.39 is 0 Å². The molecule has 2 N–H and O–H groups in total. The molecule has 0 bridgehead atoms. The van der Waals surface area contributed by atoms with Gasteiger partial charge in [-0.2, -0.15) is 0 Å². The van der Waals surface area contributed by atoms with Crippen LogP contribution in [0, 0.1) is 12.8 Å². The second-order valence-corrected chi connectivity index (χ2v) is 15.8. The van der Waals surface area contributed by atoms with E-state index in [1.165, 1.54) is 66.8 Å². The molecule has 0 aromatic heterocycles. The second kappa shape index (κ2) is 14.1. The van der Waals surface area contributed by atoms with E-state index >= 15 is 0 Å². The Bertz CT molecular complexity index is 2610. The Labute approximate surface area is 325 Å². The molecule has 9 rings (SSSR count). The fourth-order valence-electron chi connectivity index (χ4n) is 8.41. The molecular formula is C53H46N2. The molecule has 0 spiro atoms. The number of anilines is 4. The molecule has 1 unspecified atom stereocenters. The highest BCUT2D eigenvalue weighted by atomic mass is 14.9. The molecule has 0 saturated carbocycles. The monoisotopic (exact) mass is 710 g/mol. The van der Waals surface area contributed by atoms with Crippen molar-refractivity contribution >= 4 is 28.3 Å². The van der Waals surface area contributed by atoms with E-state index in [2.05, 4.69) is 214 Å². The highest BCUT2D eigenvalue weighted by Crippen LogP contribution is 2.49. The Morgan fingerprint density at radius 2 is 1.11 bits per heavy atom. The zero-order chi connectivity index (χ0) is 37.5. The van der Waals surface area contributed by atoms with Gasteiger partial charge in [-0.05, 0) is 123 Å². The molecule has 268 valence electrons. The summed E-state index contributed by atoms with van der Waals surface area (Å²) in [4.78, 5) is 0. The number of nitrogens with one attached hydrogen (secondary N) is 2. The number of hydrogen-bond donors (Lipinski definition) is 2. The summed E-state index contributed by atoms with van der Waals surface area (Å²) < 4.78 is 0. The average Bonchev–Trinajstić information content (AvgIpc) is 3.44. The SMILES string of the molecule is Cc1ccc(-c2cccc(Nc3ccc(-c4ccc(Nc5ccc6c(c5)-c5ccccc5C6(C)C)c(C5=CC(C)CC=C5)c4)cc3-c3ccccc3)c2)cc1. The first-order valence-corrected chi connectivity index (χ1v) is 19.5. The first kappa shape index (κ1) is 34.4. The number of allylic oxidation sites excluding steroid dienone is 4. The summed E-state index contributed by atoms with van der Waals surface area (Å²) in [5, 5.41) is 7.64. The highest BCUT2D eigenvalue weighted by molar-refractivity contribution is 5.91. The Kier molecular flexibility index (Phi) is 8.83. The summed E-state index contributed by atoms with van der Waals surface area (Å²) in [7, 11) is 0. The summed E-state index contributed by atoms with van der Waals surface area (Å²) >= 11 is 0. The molecule has 2 nitrogen and oxygen atoms in total. The molecule has 7 aromatic carbocycles. The number of aryl methyl sites for hydroxylation is 1. The van der Waals surface area contributed by atoms with Crippen molar-refractivity contribution in [2.75, 3.05) is 10.6 Å². The molecule has 0 amide bonds. The van der Waals surface area contributed by atoms with Crippen molar-refractivity contribution in [1.82, 2.24) is 0 Å². The van der Waals surface area contributed by atoms with Crippen molar-refractivity contribution in [2.24, 2.45) is 5.92 Å². The Hall–Kier alpha value is -6.38. The van der Waals surface area contributed by atoms with Crippen molar-refractivity contribution in [3.63, 3.8) is 0 Å². The van der Waals surface area contributed by atoms with Crippen molar-refractivity contribution in [3.05, 3.63) is 198 Å². The van der Waals surface area contributed by atoms with Gasteiger partial charge in [-0.25, -0.2) is 0 Å². The largest absolute Gasteiger partial charge is 0.355 e. The van der Waals surface area contributed by atoms with Gasteiger partial charge in [0.2, 0.25) is 0 Å². The van der Waals surface area contributed by atoms with Crippen LogP contribution in [-0.2, 0) is 5.41 Å². The van der Waals surface area contributed by atoms with Crippen LogP contribution in [0.15, 0.2) is 176 Å². The maximum Gasteiger partial charge on any atom is 0.0464 e. The van der Waals surface area contributed by atoms with E-state index in [0.29, 0.717) is 5.92 Å². The van der Waals surface area contributed by atoms with Crippen molar-refractivity contribution in [2.45, 2.75) is 39.5 Å². The standard InChI is InChI=1S/C53H46N2/c1-35-20-22-37(23-21-35)39-15-11-17-43(31-39)54-51-28-24-40(32-46(51)38-13-6-5-7-14-38)41-25-29-52(47(33-41)42-16-10-12-36(2)30-42)55-44-26-27-50-48(34-44)45-18-8-9-19-49(45)53(50,3)4/h5-11,13-34,36,54-55H,12H2,1-4H3. The molecule has 0 heterocycles. The lowest BCUT2D eigenvalue weighted by Crippen LogP contribution is -2.14. The van der Waals surface area contributed by atoms with Gasteiger partial charge in [0.05, 0.1) is 0 Å². The van der Waals surface area contributed by atoms with Gasteiger partial charge in [0.15, 0.2) is 0 Å². The van der Waals surface area contributed by atoms with Crippen LogP contribution in [0.3, 0.4) is 0 Å². The molecule has 2 heteroatoms. The third kappa shape index (κ3) is 6.70.